The SMILES string of the molecule is CC(C)(C)OC(=O)N1CCC(C[C@@H]2CC[C@H](C=O)N2C(=O)OC(C)(C)C)CC1. The van der Waals surface area contributed by atoms with Crippen molar-refractivity contribution in [2.75, 3.05) is 13.1 Å². The molecule has 2 aliphatic heterocycles. The van der Waals surface area contributed by atoms with E-state index in [1.165, 1.54) is 0 Å². The van der Waals surface area contributed by atoms with Crippen LogP contribution in [-0.2, 0) is 14.3 Å². The molecule has 0 aromatic carbocycles. The Balaban J connectivity index is 1.91. The number of aldehydes is 1. The first-order valence-corrected chi connectivity index (χ1v) is 10.3. The molecule has 7 heteroatoms. The summed E-state index contributed by atoms with van der Waals surface area (Å²) in [5, 5.41) is 0. The summed E-state index contributed by atoms with van der Waals surface area (Å²) in [4.78, 5) is 39.7. The van der Waals surface area contributed by atoms with E-state index in [1.54, 1.807) is 9.80 Å². The van der Waals surface area contributed by atoms with Crippen LogP contribution in [0, 0.1) is 5.92 Å². The van der Waals surface area contributed by atoms with Gasteiger partial charge in [-0.05, 0) is 79.6 Å². The highest BCUT2D eigenvalue weighted by molar-refractivity contribution is 5.75. The van der Waals surface area contributed by atoms with Gasteiger partial charge in [0.2, 0.25) is 0 Å². The molecule has 2 fully saturated rings. The molecule has 0 bridgehead atoms. The minimum atomic E-state index is -0.587. The Labute approximate surface area is 168 Å². The van der Waals surface area contributed by atoms with Crippen LogP contribution >= 0.6 is 0 Å². The molecule has 0 spiro atoms. The maximum Gasteiger partial charge on any atom is 0.411 e. The van der Waals surface area contributed by atoms with Crippen molar-refractivity contribution >= 4 is 18.5 Å². The largest absolute Gasteiger partial charge is 0.444 e. The van der Waals surface area contributed by atoms with E-state index in [1.807, 2.05) is 41.5 Å². The Bertz CT molecular complexity index is 570. The van der Waals surface area contributed by atoms with Crippen molar-refractivity contribution < 1.29 is 23.9 Å². The summed E-state index contributed by atoms with van der Waals surface area (Å²) >= 11 is 0. The molecule has 0 radical (unpaired) electrons. The second-order valence-corrected chi connectivity index (χ2v) is 9.97. The van der Waals surface area contributed by atoms with E-state index in [0.29, 0.717) is 25.4 Å². The van der Waals surface area contributed by atoms with Crippen LogP contribution < -0.4 is 0 Å². The second-order valence-electron chi connectivity index (χ2n) is 9.97. The van der Waals surface area contributed by atoms with Crippen molar-refractivity contribution in [3.05, 3.63) is 0 Å². The number of hydrogen-bond donors (Lipinski definition) is 0. The molecule has 2 heterocycles. The summed E-state index contributed by atoms with van der Waals surface area (Å²) in [5.74, 6) is 0.416. The molecule has 2 rings (SSSR count). The van der Waals surface area contributed by atoms with Crippen molar-refractivity contribution in [1.29, 1.82) is 0 Å². The number of carbonyl (C=O) groups is 3. The predicted octanol–water partition coefficient (Wildman–Crippen LogP) is 3.99. The maximum atomic E-state index is 12.6. The van der Waals surface area contributed by atoms with Crippen LogP contribution in [0.2, 0.25) is 0 Å². The molecule has 0 N–H and O–H groups in total. The summed E-state index contributed by atoms with van der Waals surface area (Å²) in [6, 6.07) is -0.384. The van der Waals surface area contributed by atoms with Crippen molar-refractivity contribution in [1.82, 2.24) is 9.80 Å². The lowest BCUT2D eigenvalue weighted by molar-refractivity contribution is -0.112. The van der Waals surface area contributed by atoms with Crippen LogP contribution in [0.5, 0.6) is 0 Å². The van der Waals surface area contributed by atoms with Crippen molar-refractivity contribution in [2.45, 2.75) is 96.9 Å². The average molecular weight is 397 g/mol. The highest BCUT2D eigenvalue weighted by Gasteiger charge is 2.40. The molecule has 0 aromatic rings. The van der Waals surface area contributed by atoms with Crippen LogP contribution in [0.3, 0.4) is 0 Å². The van der Waals surface area contributed by atoms with E-state index in [2.05, 4.69) is 0 Å². The summed E-state index contributed by atoms with van der Waals surface area (Å²) < 4.78 is 11.0. The van der Waals surface area contributed by atoms with E-state index >= 15 is 0 Å². The van der Waals surface area contributed by atoms with Crippen molar-refractivity contribution in [3.63, 3.8) is 0 Å². The molecule has 28 heavy (non-hydrogen) atoms. The fraction of sp³-hybridized carbons (Fsp3) is 0.857. The number of rotatable bonds is 3. The van der Waals surface area contributed by atoms with Gasteiger partial charge in [-0.1, -0.05) is 0 Å². The van der Waals surface area contributed by atoms with Gasteiger partial charge in [-0.2, -0.15) is 0 Å². The summed E-state index contributed by atoms with van der Waals surface area (Å²) in [6.45, 7) is 12.4. The molecule has 2 atom stereocenters. The minimum absolute atomic E-state index is 0.0168. The monoisotopic (exact) mass is 396 g/mol. The Hall–Kier alpha value is -1.79. The minimum Gasteiger partial charge on any atom is -0.444 e. The van der Waals surface area contributed by atoms with Gasteiger partial charge in [-0.3, -0.25) is 4.90 Å². The van der Waals surface area contributed by atoms with Crippen LogP contribution in [0.4, 0.5) is 9.59 Å². The quantitative estimate of drug-likeness (QED) is 0.674. The first-order chi connectivity index (χ1) is 12.9. The Morgan fingerprint density at radius 1 is 0.893 bits per heavy atom. The maximum absolute atomic E-state index is 12.6. The third-order valence-corrected chi connectivity index (χ3v) is 5.18. The van der Waals surface area contributed by atoms with Gasteiger partial charge in [0, 0.05) is 19.1 Å². The summed E-state index contributed by atoms with van der Waals surface area (Å²) in [7, 11) is 0. The molecular weight excluding hydrogens is 360 g/mol. The number of hydrogen-bond acceptors (Lipinski definition) is 5. The normalized spacial score (nSPS) is 24.2. The molecule has 2 amide bonds. The summed E-state index contributed by atoms with van der Waals surface area (Å²) in [6.07, 6.45) is 4.29. The number of carbonyl (C=O) groups excluding carboxylic acids is 3. The molecule has 160 valence electrons. The van der Waals surface area contributed by atoms with E-state index in [4.69, 9.17) is 9.47 Å². The fourth-order valence-electron chi connectivity index (χ4n) is 3.94. The van der Waals surface area contributed by atoms with Crippen LogP contribution in [0.25, 0.3) is 0 Å². The smallest absolute Gasteiger partial charge is 0.411 e. The number of ether oxygens (including phenoxy) is 2. The molecule has 2 aliphatic rings. The number of amides is 2. The number of nitrogens with zero attached hydrogens (tertiary/aromatic N) is 2. The Morgan fingerprint density at radius 3 is 1.93 bits per heavy atom. The Kier molecular flexibility index (Phi) is 6.99. The van der Waals surface area contributed by atoms with Gasteiger partial charge in [0.05, 0.1) is 6.04 Å². The van der Waals surface area contributed by atoms with Crippen LogP contribution in [0.15, 0.2) is 0 Å². The van der Waals surface area contributed by atoms with Crippen molar-refractivity contribution in [3.8, 4) is 0 Å². The molecule has 0 unspecified atom stereocenters. The van der Waals surface area contributed by atoms with Crippen LogP contribution in [0.1, 0.15) is 73.6 Å². The number of piperidine rings is 1. The first kappa shape index (κ1) is 22.5. The zero-order valence-corrected chi connectivity index (χ0v) is 18.2. The van der Waals surface area contributed by atoms with Gasteiger partial charge in [-0.25, -0.2) is 9.59 Å². The van der Waals surface area contributed by atoms with Gasteiger partial charge in [0.15, 0.2) is 0 Å². The van der Waals surface area contributed by atoms with E-state index in [0.717, 1.165) is 32.0 Å². The fourth-order valence-corrected chi connectivity index (χ4v) is 3.94. The molecule has 0 aliphatic carbocycles. The first-order valence-electron chi connectivity index (χ1n) is 10.3. The molecule has 2 saturated heterocycles. The van der Waals surface area contributed by atoms with E-state index in [9.17, 15) is 14.4 Å². The van der Waals surface area contributed by atoms with Gasteiger partial charge in [-0.15, -0.1) is 0 Å². The molecule has 7 nitrogen and oxygen atoms in total. The average Bonchev–Trinajstić information content (AvgIpc) is 2.95. The van der Waals surface area contributed by atoms with Crippen molar-refractivity contribution in [2.24, 2.45) is 5.92 Å². The van der Waals surface area contributed by atoms with Gasteiger partial charge in [0.25, 0.3) is 0 Å². The van der Waals surface area contributed by atoms with Gasteiger partial charge < -0.3 is 19.2 Å². The third-order valence-electron chi connectivity index (χ3n) is 5.18. The molecule has 0 saturated carbocycles. The highest BCUT2D eigenvalue weighted by Crippen LogP contribution is 2.33. The number of likely N-dealkylation sites (tertiary alicyclic amines) is 2. The van der Waals surface area contributed by atoms with E-state index in [-0.39, 0.29) is 12.1 Å². The van der Waals surface area contributed by atoms with Gasteiger partial charge in [0.1, 0.15) is 17.5 Å². The molecular formula is C21H36N2O5. The zero-order valence-electron chi connectivity index (χ0n) is 18.2. The van der Waals surface area contributed by atoms with E-state index < -0.39 is 23.3 Å². The predicted molar refractivity (Wildman–Crippen MR) is 106 cm³/mol. The lowest BCUT2D eigenvalue weighted by Crippen LogP contribution is -2.46. The Morgan fingerprint density at radius 2 is 1.43 bits per heavy atom. The molecule has 0 aromatic heterocycles. The zero-order chi connectivity index (χ0) is 21.1. The topological polar surface area (TPSA) is 76.2 Å². The highest BCUT2D eigenvalue weighted by atomic mass is 16.6. The van der Waals surface area contributed by atoms with Crippen LogP contribution in [-0.4, -0.2) is 64.6 Å². The lowest BCUT2D eigenvalue weighted by Gasteiger charge is -2.36. The summed E-state index contributed by atoms with van der Waals surface area (Å²) in [5.41, 5.74) is -1.08. The second kappa shape index (κ2) is 8.70. The standard InChI is InChI=1S/C21H36N2O5/c1-20(2,3)27-18(25)22-11-9-15(10-12-22)13-16-7-8-17(14-24)23(16)19(26)28-21(4,5)6/h14-17H,7-13H2,1-6H3/t16-,17+/m0/s1. The van der Waals surface area contributed by atoms with Gasteiger partial charge >= 0.3 is 12.2 Å². The third kappa shape index (κ3) is 6.38. The lowest BCUT2D eigenvalue weighted by atomic mass is 9.89.